The number of rotatable bonds is 3. The lowest BCUT2D eigenvalue weighted by molar-refractivity contribution is 0.672. The molecular formula is C62H31N5O3. The molecule has 0 spiro atoms. The zero-order valence-electron chi connectivity index (χ0n) is 36.9. The average Bonchev–Trinajstić information content (AvgIpc) is 4.26. The van der Waals surface area contributed by atoms with E-state index in [4.69, 9.17) is 13.3 Å². The van der Waals surface area contributed by atoms with Crippen molar-refractivity contribution in [2.45, 2.75) is 0 Å². The molecule has 70 heavy (non-hydrogen) atoms. The first-order chi connectivity index (χ1) is 34.7. The van der Waals surface area contributed by atoms with E-state index in [0.29, 0.717) is 17.1 Å². The zero-order chi connectivity index (χ0) is 45.9. The highest BCUT2D eigenvalue weighted by Gasteiger charge is 2.30. The van der Waals surface area contributed by atoms with Crippen LogP contribution in [0.15, 0.2) is 201 Å². The van der Waals surface area contributed by atoms with E-state index in [0.717, 1.165) is 131 Å². The van der Waals surface area contributed by atoms with Gasteiger partial charge in [0.1, 0.15) is 45.6 Å². The van der Waals surface area contributed by atoms with Crippen molar-refractivity contribution in [1.29, 1.82) is 10.5 Å². The SMILES string of the molecule is N#Cc1c(-n2c3ccccc3c3c4oc5ccccc5c4ccc32)cc(-n2c3ccccc3c3c4oc5ccccc5c4ccc32)c(-n2c3ccccc3c3c4oc5ccccc5c4ccc32)c1C#N. The Bertz CT molecular complexity index is 5110. The molecule has 322 valence electrons. The summed E-state index contributed by atoms with van der Waals surface area (Å²) in [6, 6.07) is 69.3. The normalized spacial score (nSPS) is 12.3. The molecule has 0 N–H and O–H groups in total. The van der Waals surface area contributed by atoms with E-state index in [1.807, 2.05) is 84.9 Å². The Balaban J connectivity index is 1.12. The van der Waals surface area contributed by atoms with Crippen molar-refractivity contribution in [2.24, 2.45) is 0 Å². The van der Waals surface area contributed by atoms with E-state index in [1.54, 1.807) is 0 Å². The minimum atomic E-state index is 0.230. The molecule has 0 atom stereocenters. The van der Waals surface area contributed by atoms with Gasteiger partial charge in [-0.2, -0.15) is 10.5 Å². The van der Waals surface area contributed by atoms with Crippen LogP contribution in [0.5, 0.6) is 0 Å². The third-order valence-corrected chi connectivity index (χ3v) is 14.7. The van der Waals surface area contributed by atoms with Crippen molar-refractivity contribution < 1.29 is 13.3 Å². The number of aromatic nitrogens is 3. The fourth-order valence-electron chi connectivity index (χ4n) is 11.9. The monoisotopic (exact) mass is 893 g/mol. The topological polar surface area (TPSA) is 102 Å². The van der Waals surface area contributed by atoms with Crippen LogP contribution >= 0.6 is 0 Å². The highest BCUT2D eigenvalue weighted by molar-refractivity contribution is 6.27. The van der Waals surface area contributed by atoms with Crippen molar-refractivity contribution in [3.8, 4) is 29.2 Å². The molecule has 0 bridgehead atoms. The summed E-state index contributed by atoms with van der Waals surface area (Å²) < 4.78 is 26.8. The van der Waals surface area contributed by atoms with Gasteiger partial charge in [0.2, 0.25) is 0 Å². The Kier molecular flexibility index (Phi) is 7.06. The third kappa shape index (κ3) is 4.57. The molecule has 0 fully saturated rings. The van der Waals surface area contributed by atoms with Crippen LogP contribution in [-0.2, 0) is 0 Å². The summed E-state index contributed by atoms with van der Waals surface area (Å²) >= 11 is 0. The van der Waals surface area contributed by atoms with Gasteiger partial charge in [-0.15, -0.1) is 0 Å². The maximum atomic E-state index is 11.9. The van der Waals surface area contributed by atoms with Gasteiger partial charge in [0, 0.05) is 48.5 Å². The molecule has 8 nitrogen and oxygen atoms in total. The largest absolute Gasteiger partial charge is 0.455 e. The molecule has 6 aromatic heterocycles. The van der Waals surface area contributed by atoms with Crippen LogP contribution in [0.25, 0.3) is 148 Å². The van der Waals surface area contributed by atoms with Gasteiger partial charge in [0.25, 0.3) is 0 Å². The molecule has 0 aliphatic rings. The Morgan fingerprint density at radius 3 is 1.06 bits per heavy atom. The quantitative estimate of drug-likeness (QED) is 0.176. The van der Waals surface area contributed by atoms with Crippen LogP contribution in [0.4, 0.5) is 0 Å². The number of nitrogens with zero attached hydrogens (tertiary/aromatic N) is 5. The summed E-state index contributed by atoms with van der Waals surface area (Å²) in [5.41, 5.74) is 12.3. The van der Waals surface area contributed by atoms with Gasteiger partial charge in [-0.25, -0.2) is 0 Å². The van der Waals surface area contributed by atoms with E-state index < -0.39 is 0 Å². The highest BCUT2D eigenvalue weighted by atomic mass is 16.3. The molecule has 8 heteroatoms. The number of hydrogen-bond donors (Lipinski definition) is 0. The van der Waals surface area contributed by atoms with E-state index >= 15 is 0 Å². The first-order valence-corrected chi connectivity index (χ1v) is 23.2. The second-order valence-electron chi connectivity index (χ2n) is 18.1. The number of benzene rings is 10. The summed E-state index contributed by atoms with van der Waals surface area (Å²) in [5.74, 6) is 0. The Labute approximate surface area is 395 Å². The van der Waals surface area contributed by atoms with E-state index in [2.05, 4.69) is 129 Å². The summed E-state index contributed by atoms with van der Waals surface area (Å²) in [5, 5.41) is 35.4. The minimum absolute atomic E-state index is 0.230. The molecule has 16 rings (SSSR count). The fourth-order valence-corrected chi connectivity index (χ4v) is 11.9. The molecule has 0 aliphatic heterocycles. The van der Waals surface area contributed by atoms with Crippen LogP contribution in [0.3, 0.4) is 0 Å². The van der Waals surface area contributed by atoms with E-state index in [-0.39, 0.29) is 11.1 Å². The van der Waals surface area contributed by atoms with Crippen LogP contribution in [0, 0.1) is 22.7 Å². The fraction of sp³-hybridized carbons (Fsp3) is 0. The van der Waals surface area contributed by atoms with Crippen LogP contribution < -0.4 is 0 Å². The lowest BCUT2D eigenvalue weighted by Crippen LogP contribution is -2.11. The van der Waals surface area contributed by atoms with Crippen molar-refractivity contribution in [2.75, 3.05) is 0 Å². The lowest BCUT2D eigenvalue weighted by atomic mass is 10.0. The summed E-state index contributed by atoms with van der Waals surface area (Å²) in [6.45, 7) is 0. The molecule has 6 heterocycles. The van der Waals surface area contributed by atoms with Crippen molar-refractivity contribution in [1.82, 2.24) is 13.7 Å². The molecule has 0 aliphatic carbocycles. The van der Waals surface area contributed by atoms with Gasteiger partial charge in [0.15, 0.2) is 0 Å². The van der Waals surface area contributed by atoms with Gasteiger partial charge >= 0.3 is 0 Å². The maximum Gasteiger partial charge on any atom is 0.145 e. The van der Waals surface area contributed by atoms with Crippen LogP contribution in [-0.4, -0.2) is 13.7 Å². The predicted octanol–water partition coefficient (Wildman–Crippen LogP) is 16.4. The molecule has 0 unspecified atom stereocenters. The second-order valence-corrected chi connectivity index (χ2v) is 18.1. The number of para-hydroxylation sites is 6. The molecular weight excluding hydrogens is 863 g/mol. The molecule has 0 radical (unpaired) electrons. The predicted molar refractivity (Wildman–Crippen MR) is 281 cm³/mol. The maximum absolute atomic E-state index is 11.9. The molecule has 0 saturated heterocycles. The Hall–Kier alpha value is -10.0. The summed E-state index contributed by atoms with van der Waals surface area (Å²) in [4.78, 5) is 0. The standard InChI is InChI=1S/C62H31N5O3/c63-32-43-44(33-64)59(67-47-21-9-3-18-42(47)58-50(67)30-27-39-36-15-6-12-24-55(36)70-62(39)58)52(66-46-20-8-2-17-41(46)57-49(66)29-26-38-35-14-5-11-23-54(35)69-61(38)57)31-51(43)65-45-19-7-1-16-40(45)56-48(65)28-25-37-34-13-4-10-22-53(34)68-60(37)56/h1-31H. The molecule has 0 amide bonds. The smallest absolute Gasteiger partial charge is 0.145 e. The van der Waals surface area contributed by atoms with Gasteiger partial charge in [-0.3, -0.25) is 0 Å². The van der Waals surface area contributed by atoms with Crippen LogP contribution in [0.1, 0.15) is 11.1 Å². The third-order valence-electron chi connectivity index (χ3n) is 14.7. The first kappa shape index (κ1) is 37.1. The summed E-state index contributed by atoms with van der Waals surface area (Å²) in [6.07, 6.45) is 0. The number of furan rings is 3. The Morgan fingerprint density at radius 2 is 0.643 bits per heavy atom. The van der Waals surface area contributed by atoms with Gasteiger partial charge in [-0.1, -0.05) is 109 Å². The second kappa shape index (κ2) is 13.3. The highest BCUT2D eigenvalue weighted by Crippen LogP contribution is 2.48. The number of hydrogen-bond acceptors (Lipinski definition) is 5. The molecule has 10 aromatic carbocycles. The van der Waals surface area contributed by atoms with Crippen LogP contribution in [0.2, 0.25) is 0 Å². The van der Waals surface area contributed by atoms with E-state index in [1.165, 1.54) is 0 Å². The van der Waals surface area contributed by atoms with Gasteiger partial charge in [0.05, 0.1) is 77.4 Å². The number of fused-ring (bicyclic) bond motifs is 21. The lowest BCUT2D eigenvalue weighted by Gasteiger charge is -2.22. The van der Waals surface area contributed by atoms with Crippen molar-refractivity contribution in [3.63, 3.8) is 0 Å². The van der Waals surface area contributed by atoms with Crippen molar-refractivity contribution >= 4 is 131 Å². The first-order valence-electron chi connectivity index (χ1n) is 23.2. The number of nitriles is 2. The zero-order valence-corrected chi connectivity index (χ0v) is 36.9. The molecule has 0 saturated carbocycles. The summed E-state index contributed by atoms with van der Waals surface area (Å²) in [7, 11) is 0. The average molecular weight is 894 g/mol. The van der Waals surface area contributed by atoms with Gasteiger partial charge in [-0.05, 0) is 78.9 Å². The molecule has 16 aromatic rings. The van der Waals surface area contributed by atoms with Crippen molar-refractivity contribution in [3.05, 3.63) is 199 Å². The van der Waals surface area contributed by atoms with E-state index in [9.17, 15) is 10.5 Å². The Morgan fingerprint density at radius 1 is 0.300 bits per heavy atom. The minimum Gasteiger partial charge on any atom is -0.455 e. The van der Waals surface area contributed by atoms with Gasteiger partial charge < -0.3 is 27.0 Å².